The minimum atomic E-state index is -0.674. The van der Waals surface area contributed by atoms with Gasteiger partial charge in [-0.1, -0.05) is 24.3 Å². The topological polar surface area (TPSA) is 93.5 Å². The van der Waals surface area contributed by atoms with Crippen LogP contribution in [0.5, 0.6) is 5.75 Å². The maximum absolute atomic E-state index is 14.6. The molecule has 0 atom stereocenters. The summed E-state index contributed by atoms with van der Waals surface area (Å²) in [6, 6.07) is 19.7. The number of nitrogens with two attached hydrogens (primary N) is 1. The molecule has 8 heteroatoms. The van der Waals surface area contributed by atoms with Crippen molar-refractivity contribution in [3.63, 3.8) is 0 Å². The number of halogens is 1. The molecule has 0 aliphatic carbocycles. The highest BCUT2D eigenvalue weighted by Gasteiger charge is 2.21. The fraction of sp³-hybridized carbons (Fsp3) is 0.0435. The van der Waals surface area contributed by atoms with Crippen LogP contribution < -0.4 is 21.1 Å². The fourth-order valence-corrected chi connectivity index (χ4v) is 4.24. The second-order valence-corrected chi connectivity index (χ2v) is 7.70. The van der Waals surface area contributed by atoms with Crippen LogP contribution >= 0.6 is 11.3 Å². The number of rotatable bonds is 6. The highest BCUT2D eigenvalue weighted by atomic mass is 32.1. The van der Waals surface area contributed by atoms with Crippen LogP contribution in [0, 0.1) is 5.82 Å². The van der Waals surface area contributed by atoms with Crippen molar-refractivity contribution in [3.05, 3.63) is 89.1 Å². The number of amides is 3. The number of benzene rings is 3. The highest BCUT2D eigenvalue weighted by molar-refractivity contribution is 7.21. The Bertz CT molecular complexity index is 1240. The van der Waals surface area contributed by atoms with E-state index in [1.165, 1.54) is 17.4 Å². The molecule has 0 spiro atoms. The molecule has 1 aromatic heterocycles. The van der Waals surface area contributed by atoms with E-state index in [-0.39, 0.29) is 12.5 Å². The number of nitrogens with one attached hydrogen (secondary N) is 2. The number of hydrogen-bond acceptors (Lipinski definition) is 4. The Morgan fingerprint density at radius 3 is 2.26 bits per heavy atom. The third-order valence-electron chi connectivity index (χ3n) is 4.51. The molecule has 1 heterocycles. The first-order valence-corrected chi connectivity index (χ1v) is 10.2. The molecule has 4 N–H and O–H groups in total. The molecule has 3 aromatic carbocycles. The number of primary amides is 1. The van der Waals surface area contributed by atoms with Crippen LogP contribution in [0.1, 0.15) is 15.2 Å². The Morgan fingerprint density at radius 1 is 0.903 bits per heavy atom. The van der Waals surface area contributed by atoms with Crippen molar-refractivity contribution in [2.75, 3.05) is 10.6 Å². The zero-order valence-corrected chi connectivity index (χ0v) is 17.0. The normalized spacial score (nSPS) is 10.6. The van der Waals surface area contributed by atoms with Crippen molar-refractivity contribution in [3.8, 4) is 5.75 Å². The summed E-state index contributed by atoms with van der Waals surface area (Å²) in [5, 5.41) is 5.64. The van der Waals surface area contributed by atoms with Crippen LogP contribution in [0.3, 0.4) is 0 Å². The molecule has 0 bridgehead atoms. The molecule has 31 heavy (non-hydrogen) atoms. The van der Waals surface area contributed by atoms with Gasteiger partial charge in [0.2, 0.25) is 0 Å². The molecule has 0 aliphatic heterocycles. The number of para-hydroxylation sites is 1. The van der Waals surface area contributed by atoms with Crippen molar-refractivity contribution in [2.24, 2.45) is 5.73 Å². The van der Waals surface area contributed by atoms with Gasteiger partial charge in [0, 0.05) is 27.0 Å². The molecular weight excluding hydrogens is 417 g/mol. The number of carbonyl (C=O) groups excluding carboxylic acids is 2. The van der Waals surface area contributed by atoms with Crippen LogP contribution in [-0.2, 0) is 6.61 Å². The SMILES string of the molecule is NC(=O)Nc1ccc(NC(=O)c2sc3cccc(F)c3c2COc2ccccc2)cc1. The van der Waals surface area contributed by atoms with Crippen LogP contribution in [-0.4, -0.2) is 11.9 Å². The monoisotopic (exact) mass is 435 g/mol. The predicted molar refractivity (Wildman–Crippen MR) is 120 cm³/mol. The van der Waals surface area contributed by atoms with Crippen LogP contribution in [0.2, 0.25) is 0 Å². The van der Waals surface area contributed by atoms with E-state index in [9.17, 15) is 14.0 Å². The number of anilines is 2. The lowest BCUT2D eigenvalue weighted by atomic mass is 10.1. The lowest BCUT2D eigenvalue weighted by molar-refractivity contribution is 0.102. The Balaban J connectivity index is 1.62. The average Bonchev–Trinajstić information content (AvgIpc) is 3.14. The van der Waals surface area contributed by atoms with E-state index in [1.807, 2.05) is 18.2 Å². The third kappa shape index (κ3) is 4.65. The summed E-state index contributed by atoms with van der Waals surface area (Å²) in [4.78, 5) is 24.3. The van der Waals surface area contributed by atoms with Gasteiger partial charge in [0.25, 0.3) is 5.91 Å². The summed E-state index contributed by atoms with van der Waals surface area (Å²) >= 11 is 1.21. The third-order valence-corrected chi connectivity index (χ3v) is 5.70. The predicted octanol–water partition coefficient (Wildman–Crippen LogP) is 5.36. The molecule has 0 aliphatic rings. The molecule has 4 aromatic rings. The van der Waals surface area contributed by atoms with Gasteiger partial charge in [-0.2, -0.15) is 0 Å². The first kappa shape index (κ1) is 20.4. The summed E-state index contributed by atoms with van der Waals surface area (Å²) in [7, 11) is 0. The highest BCUT2D eigenvalue weighted by Crippen LogP contribution is 2.34. The van der Waals surface area contributed by atoms with Gasteiger partial charge in [0.1, 0.15) is 23.1 Å². The molecule has 0 saturated carbocycles. The molecule has 3 amide bonds. The largest absolute Gasteiger partial charge is 0.489 e. The van der Waals surface area contributed by atoms with Crippen molar-refractivity contribution >= 4 is 44.7 Å². The number of thiophene rings is 1. The standard InChI is InChI=1S/C23H18FN3O3S/c24-18-7-4-8-19-20(18)17(13-30-16-5-2-1-3-6-16)21(31-19)22(28)26-14-9-11-15(12-10-14)27-23(25)29/h1-12H,13H2,(H,26,28)(H3,25,27,29). The smallest absolute Gasteiger partial charge is 0.316 e. The van der Waals surface area contributed by atoms with Crippen molar-refractivity contribution in [1.82, 2.24) is 0 Å². The molecule has 4 rings (SSSR count). The van der Waals surface area contributed by atoms with Crippen LogP contribution in [0.15, 0.2) is 72.8 Å². The van der Waals surface area contributed by atoms with E-state index in [1.54, 1.807) is 48.5 Å². The Kier molecular flexibility index (Phi) is 5.81. The lowest BCUT2D eigenvalue weighted by Crippen LogP contribution is -2.19. The first-order valence-electron chi connectivity index (χ1n) is 9.37. The van der Waals surface area contributed by atoms with Crippen LogP contribution in [0.4, 0.5) is 20.6 Å². The summed E-state index contributed by atoms with van der Waals surface area (Å²) in [6.45, 7) is 0.0508. The van der Waals surface area contributed by atoms with E-state index in [0.29, 0.717) is 37.7 Å². The quantitative estimate of drug-likeness (QED) is 0.380. The lowest BCUT2D eigenvalue weighted by Gasteiger charge is -2.10. The molecule has 156 valence electrons. The Morgan fingerprint density at radius 2 is 1.58 bits per heavy atom. The number of hydrogen-bond donors (Lipinski definition) is 3. The number of ether oxygens (including phenoxy) is 1. The van der Waals surface area contributed by atoms with Gasteiger partial charge >= 0.3 is 6.03 Å². The van der Waals surface area contributed by atoms with Gasteiger partial charge in [-0.15, -0.1) is 11.3 Å². The van der Waals surface area contributed by atoms with E-state index in [4.69, 9.17) is 10.5 Å². The minimum Gasteiger partial charge on any atom is -0.489 e. The van der Waals surface area contributed by atoms with E-state index in [2.05, 4.69) is 10.6 Å². The van der Waals surface area contributed by atoms with Crippen molar-refractivity contribution < 1.29 is 18.7 Å². The second kappa shape index (κ2) is 8.85. The maximum Gasteiger partial charge on any atom is 0.316 e. The van der Waals surface area contributed by atoms with Gasteiger partial charge in [-0.05, 0) is 48.5 Å². The maximum atomic E-state index is 14.6. The van der Waals surface area contributed by atoms with Gasteiger partial charge in [0.05, 0.1) is 0 Å². The minimum absolute atomic E-state index is 0.0508. The van der Waals surface area contributed by atoms with E-state index >= 15 is 0 Å². The molecule has 0 radical (unpaired) electrons. The zero-order valence-electron chi connectivity index (χ0n) is 16.2. The molecule has 0 fully saturated rings. The Hall–Kier alpha value is -3.91. The second-order valence-electron chi connectivity index (χ2n) is 6.65. The number of urea groups is 1. The average molecular weight is 435 g/mol. The molecule has 6 nitrogen and oxygen atoms in total. The molecule has 0 unspecified atom stereocenters. The van der Waals surface area contributed by atoms with Crippen molar-refractivity contribution in [1.29, 1.82) is 0 Å². The fourth-order valence-electron chi connectivity index (χ4n) is 3.13. The zero-order chi connectivity index (χ0) is 21.8. The van der Waals surface area contributed by atoms with E-state index < -0.39 is 11.8 Å². The van der Waals surface area contributed by atoms with Gasteiger partial charge in [-0.3, -0.25) is 4.79 Å². The summed E-state index contributed by atoms with van der Waals surface area (Å²) in [6.07, 6.45) is 0. The number of fused-ring (bicyclic) bond motifs is 1. The number of carbonyl (C=O) groups is 2. The summed E-state index contributed by atoms with van der Waals surface area (Å²) < 4.78 is 21.1. The van der Waals surface area contributed by atoms with Gasteiger partial charge < -0.3 is 21.1 Å². The first-order chi connectivity index (χ1) is 15.0. The molecular formula is C23H18FN3O3S. The van der Waals surface area contributed by atoms with Gasteiger partial charge in [-0.25, -0.2) is 9.18 Å². The van der Waals surface area contributed by atoms with Crippen molar-refractivity contribution in [2.45, 2.75) is 6.61 Å². The Labute approximate surface area is 181 Å². The molecule has 0 saturated heterocycles. The summed E-state index contributed by atoms with van der Waals surface area (Å²) in [5.41, 5.74) is 6.61. The van der Waals surface area contributed by atoms with Gasteiger partial charge in [0.15, 0.2) is 0 Å². The van der Waals surface area contributed by atoms with Crippen LogP contribution in [0.25, 0.3) is 10.1 Å². The summed E-state index contributed by atoms with van der Waals surface area (Å²) in [5.74, 6) is -0.147. The van der Waals surface area contributed by atoms with E-state index in [0.717, 1.165) is 0 Å².